The number of aromatic hydroxyl groups is 2. The second-order valence-electron chi connectivity index (χ2n) is 6.41. The van der Waals surface area contributed by atoms with E-state index in [1.54, 1.807) is 0 Å². The second kappa shape index (κ2) is 12.7. The fourth-order valence-electron chi connectivity index (χ4n) is 2.68. The Balaban J connectivity index is 1.97. The number of benzene rings is 1. The highest BCUT2D eigenvalue weighted by Gasteiger charge is 2.07. The van der Waals surface area contributed by atoms with Crippen molar-refractivity contribution in [3.05, 3.63) is 18.2 Å². The van der Waals surface area contributed by atoms with Crippen LogP contribution >= 0.6 is 0 Å². The maximum absolute atomic E-state index is 11.7. The smallest absolute Gasteiger partial charge is 0.311 e. The topological polar surface area (TPSA) is 66.8 Å². The number of hydrogen-bond acceptors (Lipinski definition) is 4. The zero-order valence-electron chi connectivity index (χ0n) is 14.9. The molecule has 0 unspecified atom stereocenters. The van der Waals surface area contributed by atoms with Crippen LogP contribution < -0.4 is 4.74 Å². The summed E-state index contributed by atoms with van der Waals surface area (Å²) in [6.07, 6.45) is 14.1. The number of unbranched alkanes of at least 4 members (excludes halogenated alkanes) is 10. The Kier molecular flexibility index (Phi) is 10.7. The van der Waals surface area contributed by atoms with Crippen LogP contribution in [-0.2, 0) is 4.79 Å². The molecule has 0 saturated carbocycles. The number of ether oxygens (including phenoxy) is 1. The van der Waals surface area contributed by atoms with Gasteiger partial charge in [0.25, 0.3) is 0 Å². The highest BCUT2D eigenvalue weighted by Crippen LogP contribution is 2.28. The van der Waals surface area contributed by atoms with E-state index in [1.807, 2.05) is 0 Å². The van der Waals surface area contributed by atoms with Gasteiger partial charge in [-0.25, -0.2) is 0 Å². The number of esters is 1. The normalized spacial score (nSPS) is 10.7. The monoisotopic (exact) mass is 336 g/mol. The molecule has 4 nitrogen and oxygen atoms in total. The second-order valence-corrected chi connectivity index (χ2v) is 6.41. The summed E-state index contributed by atoms with van der Waals surface area (Å²) in [5.41, 5.74) is 0. The van der Waals surface area contributed by atoms with Crippen LogP contribution in [-0.4, -0.2) is 16.2 Å². The average Bonchev–Trinajstić information content (AvgIpc) is 2.56. The molecule has 1 aromatic carbocycles. The van der Waals surface area contributed by atoms with E-state index in [9.17, 15) is 15.0 Å². The van der Waals surface area contributed by atoms with Crippen molar-refractivity contribution in [2.75, 3.05) is 0 Å². The largest absolute Gasteiger partial charge is 0.504 e. The highest BCUT2D eigenvalue weighted by molar-refractivity contribution is 5.72. The Labute approximate surface area is 145 Å². The summed E-state index contributed by atoms with van der Waals surface area (Å²) in [4.78, 5) is 11.7. The number of phenolic OH excluding ortho intramolecular Hbond substituents is 2. The van der Waals surface area contributed by atoms with Crippen molar-refractivity contribution >= 4 is 5.97 Å². The first-order valence-corrected chi connectivity index (χ1v) is 9.36. The van der Waals surface area contributed by atoms with Crippen molar-refractivity contribution < 1.29 is 19.7 Å². The zero-order chi connectivity index (χ0) is 17.6. The molecule has 0 bridgehead atoms. The van der Waals surface area contributed by atoms with Crippen molar-refractivity contribution in [3.63, 3.8) is 0 Å². The molecule has 0 radical (unpaired) electrons. The third kappa shape index (κ3) is 9.43. The zero-order valence-corrected chi connectivity index (χ0v) is 14.9. The number of carbonyl (C=O) groups excluding carboxylic acids is 1. The lowest BCUT2D eigenvalue weighted by Crippen LogP contribution is -2.07. The molecular formula is C20H32O4. The van der Waals surface area contributed by atoms with E-state index in [4.69, 9.17) is 4.74 Å². The molecule has 0 saturated heterocycles. The van der Waals surface area contributed by atoms with E-state index in [0.29, 0.717) is 6.42 Å². The van der Waals surface area contributed by atoms with Gasteiger partial charge in [0.15, 0.2) is 11.5 Å². The Hall–Kier alpha value is -1.71. The summed E-state index contributed by atoms with van der Waals surface area (Å²) in [6, 6.07) is 4.02. The van der Waals surface area contributed by atoms with Gasteiger partial charge in [0.05, 0.1) is 0 Å². The molecule has 0 amide bonds. The summed E-state index contributed by atoms with van der Waals surface area (Å²) < 4.78 is 5.13. The third-order valence-electron chi connectivity index (χ3n) is 4.16. The van der Waals surface area contributed by atoms with E-state index in [2.05, 4.69) is 6.92 Å². The molecule has 4 heteroatoms. The van der Waals surface area contributed by atoms with Crippen molar-refractivity contribution in [2.24, 2.45) is 0 Å². The predicted octanol–water partition coefficient (Wildman–Crippen LogP) is 5.70. The van der Waals surface area contributed by atoms with Gasteiger partial charge in [0, 0.05) is 12.5 Å². The molecule has 0 atom stereocenters. The molecule has 0 aromatic heterocycles. The van der Waals surface area contributed by atoms with Crippen molar-refractivity contribution in [3.8, 4) is 17.2 Å². The van der Waals surface area contributed by atoms with Crippen molar-refractivity contribution in [2.45, 2.75) is 84.0 Å². The Morgan fingerprint density at radius 3 is 1.92 bits per heavy atom. The van der Waals surface area contributed by atoms with E-state index in [1.165, 1.54) is 76.0 Å². The van der Waals surface area contributed by atoms with Crippen LogP contribution in [0.2, 0.25) is 0 Å². The third-order valence-corrected chi connectivity index (χ3v) is 4.16. The minimum Gasteiger partial charge on any atom is -0.504 e. The van der Waals surface area contributed by atoms with Crippen LogP contribution in [0.1, 0.15) is 84.0 Å². The van der Waals surface area contributed by atoms with Crippen molar-refractivity contribution in [1.29, 1.82) is 0 Å². The molecule has 1 aromatic rings. The van der Waals surface area contributed by atoms with Gasteiger partial charge in [-0.2, -0.15) is 0 Å². The Morgan fingerprint density at radius 1 is 0.833 bits per heavy atom. The van der Waals surface area contributed by atoms with Crippen LogP contribution in [0, 0.1) is 0 Å². The maximum Gasteiger partial charge on any atom is 0.311 e. The van der Waals surface area contributed by atoms with Gasteiger partial charge in [-0.15, -0.1) is 0 Å². The van der Waals surface area contributed by atoms with E-state index in [-0.39, 0.29) is 23.2 Å². The quantitative estimate of drug-likeness (QED) is 0.210. The van der Waals surface area contributed by atoms with Gasteiger partial charge in [0.1, 0.15) is 5.75 Å². The van der Waals surface area contributed by atoms with Gasteiger partial charge in [0.2, 0.25) is 0 Å². The first kappa shape index (κ1) is 20.3. The molecule has 0 fully saturated rings. The van der Waals surface area contributed by atoms with E-state index >= 15 is 0 Å². The molecule has 0 aliphatic carbocycles. The summed E-state index contributed by atoms with van der Waals surface area (Å²) in [5.74, 6) is -0.537. The van der Waals surface area contributed by atoms with Crippen LogP contribution in [0.3, 0.4) is 0 Å². The fraction of sp³-hybridized carbons (Fsp3) is 0.650. The molecule has 0 aliphatic rings. The number of phenols is 2. The van der Waals surface area contributed by atoms with Gasteiger partial charge >= 0.3 is 5.97 Å². The fourth-order valence-corrected chi connectivity index (χ4v) is 2.68. The summed E-state index contributed by atoms with van der Waals surface area (Å²) >= 11 is 0. The van der Waals surface area contributed by atoms with E-state index < -0.39 is 0 Å². The van der Waals surface area contributed by atoms with Crippen LogP contribution in [0.15, 0.2) is 18.2 Å². The van der Waals surface area contributed by atoms with Crippen LogP contribution in [0.25, 0.3) is 0 Å². The summed E-state index contributed by atoms with van der Waals surface area (Å²) in [5, 5.41) is 18.6. The lowest BCUT2D eigenvalue weighted by Gasteiger charge is -2.06. The standard InChI is InChI=1S/C20H32O4/c1-2-3-4-5-6-7-8-9-10-11-12-13-20(23)24-17-14-15-18(21)19(22)16-17/h14-16,21-22H,2-13H2,1H3. The predicted molar refractivity (Wildman–Crippen MR) is 96.5 cm³/mol. The number of carbonyl (C=O) groups is 1. The Morgan fingerprint density at radius 2 is 1.38 bits per heavy atom. The lowest BCUT2D eigenvalue weighted by molar-refractivity contribution is -0.134. The van der Waals surface area contributed by atoms with Crippen molar-refractivity contribution in [1.82, 2.24) is 0 Å². The van der Waals surface area contributed by atoms with Gasteiger partial charge in [-0.05, 0) is 18.6 Å². The molecule has 2 N–H and O–H groups in total. The molecule has 0 heterocycles. The molecule has 1 rings (SSSR count). The molecule has 136 valence electrons. The van der Waals surface area contributed by atoms with Gasteiger partial charge < -0.3 is 14.9 Å². The molecule has 24 heavy (non-hydrogen) atoms. The Bertz CT molecular complexity index is 471. The minimum absolute atomic E-state index is 0.222. The van der Waals surface area contributed by atoms with E-state index in [0.717, 1.165) is 12.8 Å². The number of rotatable bonds is 13. The molecule has 0 aliphatic heterocycles. The first-order valence-electron chi connectivity index (χ1n) is 9.36. The lowest BCUT2D eigenvalue weighted by atomic mass is 10.1. The van der Waals surface area contributed by atoms with Crippen LogP contribution in [0.5, 0.6) is 17.2 Å². The van der Waals surface area contributed by atoms with Gasteiger partial charge in [-0.1, -0.05) is 71.1 Å². The molecular weight excluding hydrogens is 304 g/mol. The summed E-state index contributed by atoms with van der Waals surface area (Å²) in [6.45, 7) is 2.24. The molecule has 0 spiro atoms. The van der Waals surface area contributed by atoms with Gasteiger partial charge in [-0.3, -0.25) is 4.79 Å². The number of hydrogen-bond donors (Lipinski definition) is 2. The summed E-state index contributed by atoms with van der Waals surface area (Å²) in [7, 11) is 0. The first-order chi connectivity index (χ1) is 11.6. The van der Waals surface area contributed by atoms with Crippen LogP contribution in [0.4, 0.5) is 0 Å². The SMILES string of the molecule is CCCCCCCCCCCCCC(=O)Oc1ccc(O)c(O)c1. The highest BCUT2D eigenvalue weighted by atomic mass is 16.5. The maximum atomic E-state index is 11.7. The minimum atomic E-state index is -0.295. The average molecular weight is 336 g/mol.